The molecule has 1 unspecified atom stereocenters. The van der Waals surface area contributed by atoms with Gasteiger partial charge in [0.05, 0.1) is 18.4 Å². The molecule has 0 saturated carbocycles. The topological polar surface area (TPSA) is 93.6 Å². The van der Waals surface area contributed by atoms with Crippen LogP contribution >= 0.6 is 0 Å². The van der Waals surface area contributed by atoms with Crippen LogP contribution in [0.15, 0.2) is 12.1 Å². The monoisotopic (exact) mass is 306 g/mol. The number of hydrogen-bond donors (Lipinski definition) is 3. The quantitative estimate of drug-likeness (QED) is 0.732. The molecule has 0 aromatic heterocycles. The Hall–Kier alpha value is -1.95. The van der Waals surface area contributed by atoms with Gasteiger partial charge in [-0.05, 0) is 38.1 Å². The molecule has 0 bridgehead atoms. The van der Waals surface area contributed by atoms with E-state index >= 15 is 0 Å². The lowest BCUT2D eigenvalue weighted by atomic mass is 10.1. The van der Waals surface area contributed by atoms with Crippen molar-refractivity contribution in [3.63, 3.8) is 0 Å². The Labute approximate surface area is 131 Å². The predicted octanol–water partition coefficient (Wildman–Crippen LogP) is 1.46. The third kappa shape index (κ3) is 3.82. The first-order valence-corrected chi connectivity index (χ1v) is 7.81. The van der Waals surface area contributed by atoms with Crippen molar-refractivity contribution in [2.24, 2.45) is 0 Å². The minimum absolute atomic E-state index is 0.141. The second kappa shape index (κ2) is 7.35. The van der Waals surface area contributed by atoms with Crippen molar-refractivity contribution in [1.82, 2.24) is 10.2 Å². The first-order valence-electron chi connectivity index (χ1n) is 7.81. The third-order valence-electron chi connectivity index (χ3n) is 4.13. The molecule has 0 spiro atoms. The molecule has 1 atom stereocenters. The molecule has 22 heavy (non-hydrogen) atoms. The largest absolute Gasteiger partial charge is 0.494 e. The molecule has 1 aromatic carbocycles. The van der Waals surface area contributed by atoms with Gasteiger partial charge in [0, 0.05) is 18.3 Å². The molecule has 5 N–H and O–H groups in total. The Morgan fingerprint density at radius 3 is 2.86 bits per heavy atom. The fraction of sp³-hybridized carbons (Fsp3) is 0.562. The maximum absolute atomic E-state index is 12.6. The van der Waals surface area contributed by atoms with E-state index in [-0.39, 0.29) is 11.9 Å². The van der Waals surface area contributed by atoms with E-state index in [9.17, 15) is 4.79 Å². The van der Waals surface area contributed by atoms with E-state index in [0.29, 0.717) is 22.7 Å². The zero-order valence-electron chi connectivity index (χ0n) is 13.4. The number of nitrogen functional groups attached to an aromatic ring is 2. The van der Waals surface area contributed by atoms with Crippen molar-refractivity contribution in [2.75, 3.05) is 38.2 Å². The summed E-state index contributed by atoms with van der Waals surface area (Å²) in [5, 5.41) is 3.10. The molecule has 1 saturated heterocycles. The molecule has 0 radical (unpaired) electrons. The summed E-state index contributed by atoms with van der Waals surface area (Å²) in [6.07, 6.45) is 3.29. The Morgan fingerprint density at radius 1 is 1.41 bits per heavy atom. The van der Waals surface area contributed by atoms with Crippen LogP contribution < -0.4 is 21.5 Å². The lowest BCUT2D eigenvalue weighted by Gasteiger charge is -2.24. The molecule has 1 fully saturated rings. The van der Waals surface area contributed by atoms with Crippen LogP contribution in [0.1, 0.15) is 36.5 Å². The molecule has 122 valence electrons. The van der Waals surface area contributed by atoms with Crippen LogP contribution in [0.2, 0.25) is 0 Å². The zero-order valence-corrected chi connectivity index (χ0v) is 13.4. The highest BCUT2D eigenvalue weighted by Crippen LogP contribution is 2.29. The number of nitrogens with zero attached hydrogens (tertiary/aromatic N) is 1. The number of rotatable bonds is 4. The van der Waals surface area contributed by atoms with E-state index < -0.39 is 0 Å². The fourth-order valence-electron chi connectivity index (χ4n) is 2.96. The molecular weight excluding hydrogens is 280 g/mol. The van der Waals surface area contributed by atoms with Crippen molar-refractivity contribution in [2.45, 2.75) is 32.2 Å². The number of carbonyl (C=O) groups is 1. The number of hydrogen-bond acceptors (Lipinski definition) is 5. The maximum atomic E-state index is 12.6. The van der Waals surface area contributed by atoms with E-state index in [4.69, 9.17) is 16.2 Å². The summed E-state index contributed by atoms with van der Waals surface area (Å²) in [5.41, 5.74) is 12.9. The molecule has 1 amide bonds. The molecule has 0 aliphatic carbocycles. The Morgan fingerprint density at radius 2 is 2.18 bits per heavy atom. The highest BCUT2D eigenvalue weighted by molar-refractivity contribution is 6.00. The first-order chi connectivity index (χ1) is 10.5. The highest BCUT2D eigenvalue weighted by atomic mass is 16.5. The van der Waals surface area contributed by atoms with Crippen molar-refractivity contribution in [3.05, 3.63) is 17.7 Å². The molecule has 1 heterocycles. The van der Waals surface area contributed by atoms with Gasteiger partial charge in [-0.2, -0.15) is 0 Å². The number of methoxy groups -OCH3 is 1. The van der Waals surface area contributed by atoms with Crippen LogP contribution in [-0.4, -0.2) is 43.6 Å². The van der Waals surface area contributed by atoms with Gasteiger partial charge in [0.25, 0.3) is 5.91 Å². The minimum Gasteiger partial charge on any atom is -0.494 e. The van der Waals surface area contributed by atoms with E-state index in [1.54, 1.807) is 12.1 Å². The van der Waals surface area contributed by atoms with Crippen molar-refractivity contribution < 1.29 is 9.53 Å². The third-order valence-corrected chi connectivity index (χ3v) is 4.13. The molecule has 6 nitrogen and oxygen atoms in total. The lowest BCUT2D eigenvalue weighted by Crippen LogP contribution is -2.42. The van der Waals surface area contributed by atoms with E-state index in [0.717, 1.165) is 32.5 Å². The standard InChI is InChI=1S/C16H26N4O2/c1-3-20-7-5-4-6-12(10-20)19-16(21)13-8-11(17)9-14(18)15(13)22-2/h8-9,12H,3-7,10,17-18H2,1-2H3,(H,19,21). The molecule has 1 aliphatic rings. The summed E-state index contributed by atoms with van der Waals surface area (Å²) in [5.74, 6) is 0.200. The number of amides is 1. The molecule has 6 heteroatoms. The van der Waals surface area contributed by atoms with Gasteiger partial charge in [0.15, 0.2) is 5.75 Å². The summed E-state index contributed by atoms with van der Waals surface area (Å²) >= 11 is 0. The summed E-state index contributed by atoms with van der Waals surface area (Å²) in [6.45, 7) is 5.12. The van der Waals surface area contributed by atoms with Gasteiger partial charge in [-0.1, -0.05) is 13.3 Å². The van der Waals surface area contributed by atoms with Gasteiger partial charge in [-0.25, -0.2) is 0 Å². The first kappa shape index (κ1) is 16.4. The van der Waals surface area contributed by atoms with Gasteiger partial charge < -0.3 is 26.4 Å². The fourth-order valence-corrected chi connectivity index (χ4v) is 2.96. The normalized spacial score (nSPS) is 19.5. The van der Waals surface area contributed by atoms with Crippen LogP contribution in [0.25, 0.3) is 0 Å². The second-order valence-electron chi connectivity index (χ2n) is 5.75. The highest BCUT2D eigenvalue weighted by Gasteiger charge is 2.22. The van der Waals surface area contributed by atoms with E-state index in [2.05, 4.69) is 17.1 Å². The van der Waals surface area contributed by atoms with E-state index in [1.807, 2.05) is 0 Å². The van der Waals surface area contributed by atoms with Crippen LogP contribution in [0, 0.1) is 0 Å². The lowest BCUT2D eigenvalue weighted by molar-refractivity contribution is 0.0924. The number of likely N-dealkylation sites (tertiary alicyclic amines) is 1. The van der Waals surface area contributed by atoms with Crippen LogP contribution in [0.5, 0.6) is 5.75 Å². The SMILES string of the molecule is CCN1CCCCC(NC(=O)c2cc(N)cc(N)c2OC)C1. The number of likely N-dealkylation sites (N-methyl/N-ethyl adjacent to an activating group) is 1. The Kier molecular flexibility index (Phi) is 5.49. The van der Waals surface area contributed by atoms with Gasteiger partial charge in [-0.3, -0.25) is 4.79 Å². The number of anilines is 2. The number of nitrogens with two attached hydrogens (primary N) is 2. The number of benzene rings is 1. The van der Waals surface area contributed by atoms with Crippen molar-refractivity contribution in [3.8, 4) is 5.75 Å². The Bertz CT molecular complexity index is 533. The second-order valence-corrected chi connectivity index (χ2v) is 5.75. The Balaban J connectivity index is 2.14. The smallest absolute Gasteiger partial charge is 0.255 e. The van der Waals surface area contributed by atoms with E-state index in [1.165, 1.54) is 13.5 Å². The summed E-state index contributed by atoms with van der Waals surface area (Å²) in [4.78, 5) is 14.9. The van der Waals surface area contributed by atoms with Crippen molar-refractivity contribution >= 4 is 17.3 Å². The van der Waals surface area contributed by atoms with Crippen molar-refractivity contribution in [1.29, 1.82) is 0 Å². The number of nitrogens with one attached hydrogen (secondary N) is 1. The van der Waals surface area contributed by atoms with Gasteiger partial charge in [-0.15, -0.1) is 0 Å². The van der Waals surface area contributed by atoms with Gasteiger partial charge in [0.2, 0.25) is 0 Å². The molecule has 1 aliphatic heterocycles. The van der Waals surface area contributed by atoms with Gasteiger partial charge in [0.1, 0.15) is 0 Å². The predicted molar refractivity (Wildman–Crippen MR) is 89.0 cm³/mol. The summed E-state index contributed by atoms with van der Waals surface area (Å²) in [6, 6.07) is 3.35. The van der Waals surface area contributed by atoms with Crippen LogP contribution in [-0.2, 0) is 0 Å². The maximum Gasteiger partial charge on any atom is 0.255 e. The summed E-state index contributed by atoms with van der Waals surface area (Å²) < 4.78 is 5.26. The van der Waals surface area contributed by atoms with Crippen LogP contribution in [0.3, 0.4) is 0 Å². The zero-order chi connectivity index (χ0) is 16.1. The molecular formula is C16H26N4O2. The number of carbonyl (C=O) groups excluding carboxylic acids is 1. The number of ether oxygens (including phenoxy) is 1. The average Bonchev–Trinajstić information content (AvgIpc) is 2.71. The molecule has 2 rings (SSSR count). The average molecular weight is 306 g/mol. The molecule has 1 aromatic rings. The summed E-state index contributed by atoms with van der Waals surface area (Å²) in [7, 11) is 1.50. The van der Waals surface area contributed by atoms with Crippen LogP contribution in [0.4, 0.5) is 11.4 Å². The van der Waals surface area contributed by atoms with Gasteiger partial charge >= 0.3 is 0 Å². The minimum atomic E-state index is -0.182.